The van der Waals surface area contributed by atoms with Crippen LogP contribution in [0.15, 0.2) is 18.2 Å². The summed E-state index contributed by atoms with van der Waals surface area (Å²) in [5.74, 6) is 1.65. The minimum absolute atomic E-state index is 0.346. The van der Waals surface area contributed by atoms with Gasteiger partial charge in [-0.15, -0.1) is 0 Å². The second kappa shape index (κ2) is 6.65. The van der Waals surface area contributed by atoms with Crippen LogP contribution in [0.2, 0.25) is 0 Å². The van der Waals surface area contributed by atoms with Crippen LogP contribution in [0.3, 0.4) is 0 Å². The average Bonchev–Trinajstić information content (AvgIpc) is 2.38. The highest BCUT2D eigenvalue weighted by Crippen LogP contribution is 2.27. The Morgan fingerprint density at radius 3 is 2.67 bits per heavy atom. The molecule has 4 heteroatoms. The average molecular weight is 312 g/mol. The summed E-state index contributed by atoms with van der Waals surface area (Å²) in [4.78, 5) is 0. The van der Waals surface area contributed by atoms with Crippen molar-refractivity contribution in [3.8, 4) is 17.6 Å². The van der Waals surface area contributed by atoms with Gasteiger partial charge in [0.2, 0.25) is 0 Å². The molecular weight excluding hydrogens is 294 g/mol. The number of ether oxygens (including phenoxy) is 2. The number of nitrogens with zero attached hydrogens (tertiary/aromatic N) is 1. The standard InChI is InChI=1S/C14H18BrNO2/c1-14(2,10-16)6-7-18-13-5-4-12(17-3)8-11(13)9-15/h4-5,8H,6-7,9H2,1-3H3. The van der Waals surface area contributed by atoms with Crippen LogP contribution in [0, 0.1) is 16.7 Å². The maximum absolute atomic E-state index is 8.93. The molecule has 0 aliphatic rings. The largest absolute Gasteiger partial charge is 0.497 e. The summed E-state index contributed by atoms with van der Waals surface area (Å²) in [5, 5.41) is 9.64. The summed E-state index contributed by atoms with van der Waals surface area (Å²) in [6.07, 6.45) is 0.706. The van der Waals surface area contributed by atoms with Crippen LogP contribution in [0.1, 0.15) is 25.8 Å². The Morgan fingerprint density at radius 2 is 2.11 bits per heavy atom. The molecule has 1 aromatic carbocycles. The van der Waals surface area contributed by atoms with Gasteiger partial charge < -0.3 is 9.47 Å². The summed E-state index contributed by atoms with van der Waals surface area (Å²) < 4.78 is 10.9. The summed E-state index contributed by atoms with van der Waals surface area (Å²) in [6.45, 7) is 4.36. The van der Waals surface area contributed by atoms with Crippen LogP contribution in [0.5, 0.6) is 11.5 Å². The molecule has 0 amide bonds. The van der Waals surface area contributed by atoms with Crippen molar-refractivity contribution in [2.24, 2.45) is 5.41 Å². The molecule has 1 rings (SSSR count). The maximum atomic E-state index is 8.93. The van der Waals surface area contributed by atoms with E-state index in [9.17, 15) is 0 Å². The van der Waals surface area contributed by atoms with E-state index in [0.29, 0.717) is 18.4 Å². The van der Waals surface area contributed by atoms with Gasteiger partial charge in [0.1, 0.15) is 11.5 Å². The molecule has 0 unspecified atom stereocenters. The Hall–Kier alpha value is -1.21. The highest BCUT2D eigenvalue weighted by atomic mass is 79.9. The van der Waals surface area contributed by atoms with E-state index in [1.54, 1.807) is 7.11 Å². The number of hydrogen-bond acceptors (Lipinski definition) is 3. The number of halogens is 1. The molecule has 0 aromatic heterocycles. The third-order valence-electron chi connectivity index (χ3n) is 2.70. The lowest BCUT2D eigenvalue weighted by Crippen LogP contribution is -2.13. The van der Waals surface area contributed by atoms with Gasteiger partial charge in [0.25, 0.3) is 0 Å². The van der Waals surface area contributed by atoms with Crippen LogP contribution >= 0.6 is 15.9 Å². The lowest BCUT2D eigenvalue weighted by atomic mass is 9.92. The third-order valence-corrected chi connectivity index (χ3v) is 3.30. The molecule has 3 nitrogen and oxygen atoms in total. The maximum Gasteiger partial charge on any atom is 0.123 e. The molecule has 0 N–H and O–H groups in total. The van der Waals surface area contributed by atoms with E-state index in [-0.39, 0.29) is 5.41 Å². The Balaban J connectivity index is 2.65. The molecule has 0 saturated carbocycles. The van der Waals surface area contributed by atoms with Crippen molar-refractivity contribution in [2.45, 2.75) is 25.6 Å². The van der Waals surface area contributed by atoms with Crippen molar-refractivity contribution in [1.82, 2.24) is 0 Å². The van der Waals surface area contributed by atoms with Crippen LogP contribution in [-0.4, -0.2) is 13.7 Å². The highest BCUT2D eigenvalue weighted by Gasteiger charge is 2.16. The minimum atomic E-state index is -0.346. The van der Waals surface area contributed by atoms with Gasteiger partial charge in [-0.05, 0) is 38.5 Å². The van der Waals surface area contributed by atoms with E-state index in [0.717, 1.165) is 17.1 Å². The molecule has 0 aliphatic heterocycles. The van der Waals surface area contributed by atoms with Gasteiger partial charge >= 0.3 is 0 Å². The fourth-order valence-electron chi connectivity index (χ4n) is 1.40. The minimum Gasteiger partial charge on any atom is -0.497 e. The molecule has 1 aromatic rings. The quantitative estimate of drug-likeness (QED) is 0.748. The van der Waals surface area contributed by atoms with Crippen molar-refractivity contribution in [1.29, 1.82) is 5.26 Å². The number of alkyl halides is 1. The topological polar surface area (TPSA) is 42.2 Å². The Labute approximate surface area is 117 Å². The van der Waals surface area contributed by atoms with Gasteiger partial charge in [-0.25, -0.2) is 0 Å². The molecule has 0 radical (unpaired) electrons. The van der Waals surface area contributed by atoms with Crippen LogP contribution < -0.4 is 9.47 Å². The van der Waals surface area contributed by atoms with Crippen LogP contribution in [-0.2, 0) is 5.33 Å². The van der Waals surface area contributed by atoms with Gasteiger partial charge in [0.15, 0.2) is 0 Å². The summed E-state index contributed by atoms with van der Waals surface area (Å²) in [5.41, 5.74) is 0.699. The van der Waals surface area contributed by atoms with Crippen molar-refractivity contribution in [3.05, 3.63) is 23.8 Å². The van der Waals surface area contributed by atoms with E-state index < -0.39 is 0 Å². The molecular formula is C14H18BrNO2. The molecule has 18 heavy (non-hydrogen) atoms. The predicted molar refractivity (Wildman–Crippen MR) is 75.1 cm³/mol. The number of nitriles is 1. The lowest BCUT2D eigenvalue weighted by molar-refractivity contribution is 0.262. The Morgan fingerprint density at radius 1 is 1.39 bits per heavy atom. The SMILES string of the molecule is COc1ccc(OCCC(C)(C)C#N)c(CBr)c1. The fourth-order valence-corrected chi connectivity index (χ4v) is 1.84. The van der Waals surface area contributed by atoms with Gasteiger partial charge in [0.05, 0.1) is 25.2 Å². The molecule has 98 valence electrons. The Bertz CT molecular complexity index is 438. The highest BCUT2D eigenvalue weighted by molar-refractivity contribution is 9.08. The van der Waals surface area contributed by atoms with Crippen LogP contribution in [0.4, 0.5) is 0 Å². The normalized spacial score (nSPS) is 10.8. The summed E-state index contributed by atoms with van der Waals surface area (Å²) in [7, 11) is 1.64. The molecule has 0 heterocycles. The molecule has 0 saturated heterocycles. The number of rotatable bonds is 6. The Kier molecular flexibility index (Phi) is 5.49. The summed E-state index contributed by atoms with van der Waals surface area (Å²) in [6, 6.07) is 7.98. The lowest BCUT2D eigenvalue weighted by Gasteiger charge is -2.16. The molecule has 0 aliphatic carbocycles. The van der Waals surface area contributed by atoms with Crippen molar-refractivity contribution >= 4 is 15.9 Å². The second-order valence-corrected chi connectivity index (χ2v) is 5.26. The van der Waals surface area contributed by atoms with Crippen molar-refractivity contribution < 1.29 is 9.47 Å². The van der Waals surface area contributed by atoms with E-state index in [2.05, 4.69) is 22.0 Å². The number of benzene rings is 1. The van der Waals surface area contributed by atoms with Gasteiger partial charge in [0, 0.05) is 10.9 Å². The monoisotopic (exact) mass is 311 g/mol. The first-order valence-electron chi connectivity index (χ1n) is 5.79. The zero-order chi connectivity index (χ0) is 13.6. The predicted octanol–water partition coefficient (Wildman–Crippen LogP) is 3.91. The summed E-state index contributed by atoms with van der Waals surface area (Å²) >= 11 is 3.43. The van der Waals surface area contributed by atoms with Gasteiger partial charge in [-0.2, -0.15) is 5.26 Å². The zero-order valence-corrected chi connectivity index (χ0v) is 12.6. The molecule has 0 bridgehead atoms. The first-order valence-corrected chi connectivity index (χ1v) is 6.91. The van der Waals surface area contributed by atoms with Crippen molar-refractivity contribution in [2.75, 3.05) is 13.7 Å². The van der Waals surface area contributed by atoms with Gasteiger partial charge in [-0.1, -0.05) is 15.9 Å². The smallest absolute Gasteiger partial charge is 0.123 e. The fraction of sp³-hybridized carbons (Fsp3) is 0.500. The molecule has 0 fully saturated rings. The van der Waals surface area contributed by atoms with E-state index in [1.807, 2.05) is 32.0 Å². The molecule has 0 spiro atoms. The number of hydrogen-bond donors (Lipinski definition) is 0. The van der Waals surface area contributed by atoms with E-state index in [4.69, 9.17) is 14.7 Å². The van der Waals surface area contributed by atoms with E-state index >= 15 is 0 Å². The van der Waals surface area contributed by atoms with Crippen molar-refractivity contribution in [3.63, 3.8) is 0 Å². The third kappa shape index (κ3) is 4.23. The molecule has 0 atom stereocenters. The first kappa shape index (κ1) is 14.8. The second-order valence-electron chi connectivity index (χ2n) is 4.70. The van der Waals surface area contributed by atoms with E-state index in [1.165, 1.54) is 0 Å². The van der Waals surface area contributed by atoms with Gasteiger partial charge in [-0.3, -0.25) is 0 Å². The number of methoxy groups -OCH3 is 1. The van der Waals surface area contributed by atoms with Crippen LogP contribution in [0.25, 0.3) is 0 Å². The first-order chi connectivity index (χ1) is 8.52. The zero-order valence-electron chi connectivity index (χ0n) is 11.0.